The molecule has 148 valence electrons. The van der Waals surface area contributed by atoms with E-state index < -0.39 is 9.84 Å². The number of carbonyl (C=O) groups is 1. The highest BCUT2D eigenvalue weighted by molar-refractivity contribution is 7.99. The molecule has 1 aromatic carbocycles. The number of rotatable bonds is 5. The van der Waals surface area contributed by atoms with Gasteiger partial charge in [0.15, 0.2) is 20.6 Å². The third-order valence-corrected chi connectivity index (χ3v) is 7.87. The van der Waals surface area contributed by atoms with Crippen molar-refractivity contribution < 1.29 is 13.2 Å². The second-order valence-electron chi connectivity index (χ2n) is 7.05. The van der Waals surface area contributed by atoms with Crippen molar-refractivity contribution in [3.8, 4) is 0 Å². The summed E-state index contributed by atoms with van der Waals surface area (Å²) in [4.78, 5) is 14.5. The van der Waals surface area contributed by atoms with Gasteiger partial charge in [0.2, 0.25) is 5.91 Å². The lowest BCUT2D eigenvalue weighted by molar-refractivity contribution is -0.129. The van der Waals surface area contributed by atoms with Crippen molar-refractivity contribution in [2.24, 2.45) is 0 Å². The normalized spacial score (nSPS) is 18.7. The topological polar surface area (TPSA) is 84.6 Å². The molecule has 1 fully saturated rings. The molecule has 0 aliphatic carbocycles. The number of fused-ring (bicyclic) bond motifs is 3. The lowest BCUT2D eigenvalue weighted by atomic mass is 10.1. The Morgan fingerprint density at radius 3 is 2.82 bits per heavy atom. The Labute approximate surface area is 168 Å². The van der Waals surface area contributed by atoms with Crippen molar-refractivity contribution in [1.82, 2.24) is 19.5 Å². The number of nitrogens with zero attached hydrogens (tertiary/aromatic N) is 4. The molecule has 0 unspecified atom stereocenters. The molecule has 3 heterocycles. The molecule has 2 aromatic heterocycles. The summed E-state index contributed by atoms with van der Waals surface area (Å²) in [5.41, 5.74) is 2.88. The third-order valence-electron chi connectivity index (χ3n) is 5.21. The Bertz CT molecular complexity index is 1160. The zero-order valence-electron chi connectivity index (χ0n) is 15.8. The summed E-state index contributed by atoms with van der Waals surface area (Å²) in [7, 11) is -3.03. The van der Waals surface area contributed by atoms with Crippen molar-refractivity contribution in [3.05, 3.63) is 35.9 Å². The monoisotopic (exact) mass is 418 g/mol. The second kappa shape index (κ2) is 7.36. The molecule has 9 heteroatoms. The van der Waals surface area contributed by atoms with E-state index in [0.717, 1.165) is 22.1 Å². The molecule has 0 N–H and O–H groups in total. The summed E-state index contributed by atoms with van der Waals surface area (Å²) in [6, 6.07) is 9.82. The van der Waals surface area contributed by atoms with Crippen LogP contribution in [0.2, 0.25) is 0 Å². The molecule has 1 atom stereocenters. The first-order valence-corrected chi connectivity index (χ1v) is 12.1. The van der Waals surface area contributed by atoms with E-state index in [2.05, 4.69) is 16.3 Å². The molecule has 0 saturated carbocycles. The minimum Gasteiger partial charge on any atom is -0.338 e. The standard InChI is InChI=1S/C19H22N4O3S2/c1-3-22(14-8-9-28(25,26)12-14)18(24)11-27-19-21-20-17-10-13(2)15-6-4-5-7-16(15)23(17)19/h4-7,10,14H,3,8-9,11-12H2,1-2H3/t14-/m1/s1. The summed E-state index contributed by atoms with van der Waals surface area (Å²) in [6.07, 6.45) is 0.518. The largest absolute Gasteiger partial charge is 0.338 e. The Morgan fingerprint density at radius 1 is 1.32 bits per heavy atom. The van der Waals surface area contributed by atoms with Gasteiger partial charge >= 0.3 is 0 Å². The summed E-state index contributed by atoms with van der Waals surface area (Å²) in [5, 5.41) is 10.3. The quantitative estimate of drug-likeness (QED) is 0.591. The van der Waals surface area contributed by atoms with E-state index in [0.29, 0.717) is 18.1 Å². The van der Waals surface area contributed by atoms with Crippen LogP contribution in [0.25, 0.3) is 16.6 Å². The first-order valence-electron chi connectivity index (χ1n) is 9.26. The number of carbonyl (C=O) groups excluding carboxylic acids is 1. The summed E-state index contributed by atoms with van der Waals surface area (Å²) >= 11 is 1.34. The average molecular weight is 419 g/mol. The fraction of sp³-hybridized carbons (Fsp3) is 0.421. The lowest BCUT2D eigenvalue weighted by Gasteiger charge is -2.26. The summed E-state index contributed by atoms with van der Waals surface area (Å²) < 4.78 is 25.5. The van der Waals surface area contributed by atoms with Gasteiger partial charge in [0, 0.05) is 18.0 Å². The molecule has 1 aliphatic rings. The number of sulfone groups is 1. The van der Waals surface area contributed by atoms with Gasteiger partial charge in [-0.05, 0) is 38.0 Å². The van der Waals surface area contributed by atoms with E-state index in [1.54, 1.807) is 4.90 Å². The first kappa shape index (κ1) is 19.2. The molecule has 1 saturated heterocycles. The van der Waals surface area contributed by atoms with E-state index in [9.17, 15) is 13.2 Å². The van der Waals surface area contributed by atoms with Gasteiger partial charge in [-0.2, -0.15) is 0 Å². The molecule has 1 aliphatic heterocycles. The predicted molar refractivity (Wildman–Crippen MR) is 110 cm³/mol. The smallest absolute Gasteiger partial charge is 0.233 e. The molecule has 28 heavy (non-hydrogen) atoms. The van der Waals surface area contributed by atoms with Crippen LogP contribution in [0.5, 0.6) is 0 Å². The number of thioether (sulfide) groups is 1. The van der Waals surface area contributed by atoms with Crippen molar-refractivity contribution in [3.63, 3.8) is 0 Å². The van der Waals surface area contributed by atoms with Gasteiger partial charge < -0.3 is 4.90 Å². The summed E-state index contributed by atoms with van der Waals surface area (Å²) in [6.45, 7) is 4.43. The molecule has 4 rings (SSSR count). The van der Waals surface area contributed by atoms with Crippen LogP contribution in [0.15, 0.2) is 35.5 Å². The van der Waals surface area contributed by atoms with Crippen LogP contribution in [0.3, 0.4) is 0 Å². The fourth-order valence-electron chi connectivity index (χ4n) is 3.84. The van der Waals surface area contributed by atoms with Crippen molar-refractivity contribution >= 4 is 44.1 Å². The second-order valence-corrected chi connectivity index (χ2v) is 10.2. The number of hydrogen-bond acceptors (Lipinski definition) is 6. The average Bonchev–Trinajstić information content (AvgIpc) is 3.24. The van der Waals surface area contributed by atoms with Crippen LogP contribution in [-0.4, -0.2) is 63.7 Å². The van der Waals surface area contributed by atoms with Crippen LogP contribution in [0, 0.1) is 6.92 Å². The molecule has 3 aromatic rings. The van der Waals surface area contributed by atoms with Crippen LogP contribution < -0.4 is 0 Å². The first-order chi connectivity index (χ1) is 13.4. The van der Waals surface area contributed by atoms with E-state index in [1.807, 2.05) is 42.5 Å². The number of benzene rings is 1. The maximum absolute atomic E-state index is 12.8. The minimum absolute atomic E-state index is 0.0645. The highest BCUT2D eigenvalue weighted by atomic mass is 32.2. The van der Waals surface area contributed by atoms with Gasteiger partial charge in [-0.25, -0.2) is 8.42 Å². The van der Waals surface area contributed by atoms with Gasteiger partial charge in [-0.1, -0.05) is 30.0 Å². The van der Waals surface area contributed by atoms with Gasteiger partial charge in [0.25, 0.3) is 0 Å². The van der Waals surface area contributed by atoms with E-state index in [1.165, 1.54) is 11.8 Å². The number of hydrogen-bond donors (Lipinski definition) is 0. The van der Waals surface area contributed by atoms with Crippen LogP contribution in [-0.2, 0) is 14.6 Å². The zero-order valence-corrected chi connectivity index (χ0v) is 17.5. The van der Waals surface area contributed by atoms with E-state index in [-0.39, 0.29) is 29.2 Å². The lowest BCUT2D eigenvalue weighted by Crippen LogP contribution is -2.41. The number of aryl methyl sites for hydroxylation is 1. The zero-order chi connectivity index (χ0) is 19.9. The van der Waals surface area contributed by atoms with Crippen molar-refractivity contribution in [2.45, 2.75) is 31.5 Å². The Kier molecular flexibility index (Phi) is 5.05. The van der Waals surface area contributed by atoms with Gasteiger partial charge in [-0.3, -0.25) is 9.20 Å². The SMILES string of the molecule is CCN(C(=O)CSc1nnc2cc(C)c3ccccc3n12)[C@@H]1CCS(=O)(=O)C1. The number of amides is 1. The van der Waals surface area contributed by atoms with Gasteiger partial charge in [0.1, 0.15) is 0 Å². The van der Waals surface area contributed by atoms with Gasteiger partial charge in [-0.15, -0.1) is 10.2 Å². The molecular formula is C19H22N4O3S2. The molecule has 7 nitrogen and oxygen atoms in total. The molecular weight excluding hydrogens is 396 g/mol. The third kappa shape index (κ3) is 3.48. The van der Waals surface area contributed by atoms with Crippen molar-refractivity contribution in [2.75, 3.05) is 23.8 Å². The Balaban J connectivity index is 1.57. The maximum Gasteiger partial charge on any atom is 0.233 e. The van der Waals surface area contributed by atoms with Crippen LogP contribution in [0.4, 0.5) is 0 Å². The summed E-state index contributed by atoms with van der Waals surface area (Å²) in [5.74, 6) is 0.361. The van der Waals surface area contributed by atoms with E-state index >= 15 is 0 Å². The van der Waals surface area contributed by atoms with Gasteiger partial charge in [0.05, 0.1) is 22.8 Å². The highest BCUT2D eigenvalue weighted by Crippen LogP contribution is 2.26. The molecule has 0 bridgehead atoms. The minimum atomic E-state index is -3.03. The predicted octanol–water partition coefficient (Wildman–Crippen LogP) is 2.32. The number of para-hydroxylation sites is 1. The molecule has 1 amide bonds. The fourth-order valence-corrected chi connectivity index (χ4v) is 6.41. The number of pyridine rings is 1. The van der Waals surface area contributed by atoms with Crippen LogP contribution in [0.1, 0.15) is 18.9 Å². The van der Waals surface area contributed by atoms with Crippen molar-refractivity contribution in [1.29, 1.82) is 0 Å². The number of aromatic nitrogens is 3. The molecule has 0 spiro atoms. The highest BCUT2D eigenvalue weighted by Gasteiger charge is 2.33. The Morgan fingerprint density at radius 2 is 2.11 bits per heavy atom. The van der Waals surface area contributed by atoms with E-state index in [4.69, 9.17) is 0 Å². The van der Waals surface area contributed by atoms with Crippen LogP contribution >= 0.6 is 11.8 Å². The Hall–Kier alpha value is -2.13. The molecule has 0 radical (unpaired) electrons. The maximum atomic E-state index is 12.8.